The molecule has 3 aromatic rings. The number of anilines is 3. The number of carbonyl (C=O) groups excluding carboxylic acids is 1. The van der Waals surface area contributed by atoms with Crippen LogP contribution in [0.4, 0.5) is 17.1 Å². The standard InChI is InChI=1S/C19H12Cl2N4O/c20-14-5-3-6-15(21)18(14)25-19(26)17-10-13(8-9-23-17)24-16-7-2-1-4-12(16)11-22/h1-10H,(H,23,24)(H,25,26). The Bertz CT molecular complexity index is 994. The lowest BCUT2D eigenvalue weighted by molar-refractivity contribution is 0.102. The summed E-state index contributed by atoms with van der Waals surface area (Å²) < 4.78 is 0. The largest absolute Gasteiger partial charge is 0.354 e. The van der Waals surface area contributed by atoms with E-state index < -0.39 is 5.91 Å². The quantitative estimate of drug-likeness (QED) is 0.645. The maximum Gasteiger partial charge on any atom is 0.274 e. The van der Waals surface area contributed by atoms with E-state index in [1.807, 2.05) is 6.07 Å². The Balaban J connectivity index is 1.83. The first-order valence-corrected chi connectivity index (χ1v) is 8.31. The second-order valence-corrected chi connectivity index (χ2v) is 6.08. The van der Waals surface area contributed by atoms with E-state index in [1.165, 1.54) is 6.20 Å². The van der Waals surface area contributed by atoms with E-state index >= 15 is 0 Å². The van der Waals surface area contributed by atoms with Gasteiger partial charge in [-0.15, -0.1) is 0 Å². The number of para-hydroxylation sites is 2. The van der Waals surface area contributed by atoms with Gasteiger partial charge in [-0.1, -0.05) is 41.4 Å². The lowest BCUT2D eigenvalue weighted by atomic mass is 10.2. The van der Waals surface area contributed by atoms with Gasteiger partial charge in [0.15, 0.2) is 0 Å². The lowest BCUT2D eigenvalue weighted by Gasteiger charge is -2.11. The van der Waals surface area contributed by atoms with Crippen LogP contribution >= 0.6 is 23.2 Å². The smallest absolute Gasteiger partial charge is 0.274 e. The Morgan fingerprint density at radius 2 is 1.77 bits per heavy atom. The molecule has 0 spiro atoms. The number of benzene rings is 2. The number of carbonyl (C=O) groups is 1. The third kappa shape index (κ3) is 3.94. The number of pyridine rings is 1. The molecule has 0 bridgehead atoms. The highest BCUT2D eigenvalue weighted by Crippen LogP contribution is 2.30. The van der Waals surface area contributed by atoms with Crippen LogP contribution in [0.25, 0.3) is 0 Å². The number of halogens is 2. The summed E-state index contributed by atoms with van der Waals surface area (Å²) in [4.78, 5) is 16.6. The van der Waals surface area contributed by atoms with Crippen LogP contribution in [-0.4, -0.2) is 10.9 Å². The molecule has 5 nitrogen and oxygen atoms in total. The molecule has 0 saturated carbocycles. The summed E-state index contributed by atoms with van der Waals surface area (Å²) in [6.07, 6.45) is 1.50. The molecule has 0 radical (unpaired) electrons. The monoisotopic (exact) mass is 382 g/mol. The van der Waals surface area contributed by atoms with Crippen LogP contribution in [0, 0.1) is 11.3 Å². The van der Waals surface area contributed by atoms with E-state index in [0.29, 0.717) is 32.7 Å². The maximum atomic E-state index is 12.5. The van der Waals surface area contributed by atoms with E-state index in [0.717, 1.165) is 0 Å². The molecule has 128 valence electrons. The van der Waals surface area contributed by atoms with Gasteiger partial charge in [0.1, 0.15) is 11.8 Å². The molecule has 1 aromatic heterocycles. The van der Waals surface area contributed by atoms with Gasteiger partial charge < -0.3 is 10.6 Å². The van der Waals surface area contributed by atoms with E-state index in [9.17, 15) is 4.79 Å². The summed E-state index contributed by atoms with van der Waals surface area (Å²) in [5.41, 5.74) is 2.27. The fourth-order valence-electron chi connectivity index (χ4n) is 2.27. The van der Waals surface area contributed by atoms with E-state index in [-0.39, 0.29) is 5.69 Å². The number of amides is 1. The molecular weight excluding hydrogens is 371 g/mol. The molecule has 1 amide bonds. The summed E-state index contributed by atoms with van der Waals surface area (Å²) in [5.74, 6) is -0.447. The predicted octanol–water partition coefficient (Wildman–Crippen LogP) is 5.26. The van der Waals surface area contributed by atoms with Crippen molar-refractivity contribution in [1.82, 2.24) is 4.98 Å². The van der Waals surface area contributed by atoms with Crippen LogP contribution in [0.5, 0.6) is 0 Å². The highest BCUT2D eigenvalue weighted by atomic mass is 35.5. The molecule has 26 heavy (non-hydrogen) atoms. The molecule has 0 aliphatic heterocycles. The SMILES string of the molecule is N#Cc1ccccc1Nc1ccnc(C(=O)Nc2c(Cl)cccc2Cl)c1. The number of nitriles is 1. The van der Waals surface area contributed by atoms with Gasteiger partial charge in [0.2, 0.25) is 0 Å². The Morgan fingerprint density at radius 3 is 2.50 bits per heavy atom. The van der Waals surface area contributed by atoms with Crippen molar-refractivity contribution in [3.63, 3.8) is 0 Å². The van der Waals surface area contributed by atoms with Gasteiger partial charge >= 0.3 is 0 Å². The van der Waals surface area contributed by atoms with E-state index in [1.54, 1.807) is 48.5 Å². The molecule has 1 heterocycles. The van der Waals surface area contributed by atoms with Crippen LogP contribution in [0.1, 0.15) is 16.1 Å². The number of rotatable bonds is 4. The molecule has 2 aromatic carbocycles. The lowest BCUT2D eigenvalue weighted by Crippen LogP contribution is -2.14. The molecule has 0 fully saturated rings. The van der Waals surface area contributed by atoms with Gasteiger partial charge in [0.05, 0.1) is 27.0 Å². The zero-order valence-corrected chi connectivity index (χ0v) is 14.8. The second kappa shape index (κ2) is 7.87. The van der Waals surface area contributed by atoms with Gasteiger partial charge in [0, 0.05) is 11.9 Å². The molecule has 2 N–H and O–H groups in total. The van der Waals surface area contributed by atoms with Gasteiger partial charge in [-0.05, 0) is 36.4 Å². The molecular formula is C19H12Cl2N4O. The van der Waals surface area contributed by atoms with Crippen molar-refractivity contribution in [2.24, 2.45) is 0 Å². The molecule has 0 aliphatic carbocycles. The highest BCUT2D eigenvalue weighted by molar-refractivity contribution is 6.40. The topological polar surface area (TPSA) is 77.8 Å². The first-order chi connectivity index (χ1) is 12.6. The van der Waals surface area contributed by atoms with Gasteiger partial charge in [-0.25, -0.2) is 0 Å². The molecule has 0 saturated heterocycles. The fourth-order valence-corrected chi connectivity index (χ4v) is 2.76. The Morgan fingerprint density at radius 1 is 1.04 bits per heavy atom. The molecule has 7 heteroatoms. The van der Waals surface area contributed by atoms with E-state index in [2.05, 4.69) is 21.7 Å². The minimum atomic E-state index is -0.447. The van der Waals surface area contributed by atoms with Crippen molar-refractivity contribution in [2.45, 2.75) is 0 Å². The van der Waals surface area contributed by atoms with Gasteiger partial charge in [-0.3, -0.25) is 9.78 Å². The summed E-state index contributed by atoms with van der Waals surface area (Å²) in [6.45, 7) is 0. The normalized spacial score (nSPS) is 10.0. The van der Waals surface area contributed by atoms with Crippen LogP contribution < -0.4 is 10.6 Å². The van der Waals surface area contributed by atoms with Gasteiger partial charge in [-0.2, -0.15) is 5.26 Å². The average Bonchev–Trinajstić information content (AvgIpc) is 2.65. The first-order valence-electron chi connectivity index (χ1n) is 7.56. The summed E-state index contributed by atoms with van der Waals surface area (Å²) in [6, 6.07) is 17.4. The summed E-state index contributed by atoms with van der Waals surface area (Å²) >= 11 is 12.1. The number of nitrogens with zero attached hydrogens (tertiary/aromatic N) is 2. The van der Waals surface area contributed by atoms with Gasteiger partial charge in [0.25, 0.3) is 5.91 Å². The molecule has 0 atom stereocenters. The van der Waals surface area contributed by atoms with Crippen molar-refractivity contribution >= 4 is 46.2 Å². The molecule has 3 rings (SSSR count). The Hall–Kier alpha value is -3.07. The third-order valence-corrected chi connectivity index (χ3v) is 4.15. The maximum absolute atomic E-state index is 12.5. The predicted molar refractivity (Wildman–Crippen MR) is 103 cm³/mol. The second-order valence-electron chi connectivity index (χ2n) is 5.26. The van der Waals surface area contributed by atoms with Crippen molar-refractivity contribution < 1.29 is 4.79 Å². The van der Waals surface area contributed by atoms with Crippen molar-refractivity contribution in [2.75, 3.05) is 10.6 Å². The fraction of sp³-hybridized carbons (Fsp3) is 0. The average molecular weight is 383 g/mol. The van der Waals surface area contributed by atoms with Crippen LogP contribution in [0.2, 0.25) is 10.0 Å². The van der Waals surface area contributed by atoms with E-state index in [4.69, 9.17) is 28.5 Å². The van der Waals surface area contributed by atoms with Crippen LogP contribution in [0.15, 0.2) is 60.8 Å². The van der Waals surface area contributed by atoms with Crippen molar-refractivity contribution in [3.8, 4) is 6.07 Å². The number of nitrogens with one attached hydrogen (secondary N) is 2. The first kappa shape index (κ1) is 17.7. The summed E-state index contributed by atoms with van der Waals surface area (Å²) in [5, 5.41) is 15.6. The number of hydrogen-bond acceptors (Lipinski definition) is 4. The molecule has 0 aliphatic rings. The zero-order valence-electron chi connectivity index (χ0n) is 13.3. The highest BCUT2D eigenvalue weighted by Gasteiger charge is 2.13. The zero-order chi connectivity index (χ0) is 18.5. The van der Waals surface area contributed by atoms with Crippen LogP contribution in [0.3, 0.4) is 0 Å². The van der Waals surface area contributed by atoms with Crippen molar-refractivity contribution in [1.29, 1.82) is 5.26 Å². The summed E-state index contributed by atoms with van der Waals surface area (Å²) in [7, 11) is 0. The minimum Gasteiger partial charge on any atom is -0.354 e. The molecule has 0 unspecified atom stereocenters. The third-order valence-electron chi connectivity index (χ3n) is 3.52. The Kier molecular flexibility index (Phi) is 5.37. The number of hydrogen-bond donors (Lipinski definition) is 2. The number of aromatic nitrogens is 1. The minimum absolute atomic E-state index is 0.181. The van der Waals surface area contributed by atoms with Crippen LogP contribution in [-0.2, 0) is 0 Å². The Labute approximate surface area is 160 Å². The van der Waals surface area contributed by atoms with Crippen molar-refractivity contribution in [3.05, 3.63) is 82.1 Å².